The summed E-state index contributed by atoms with van der Waals surface area (Å²) >= 11 is 5.45. The number of halogens is 1. The third-order valence-electron chi connectivity index (χ3n) is 1.99. The number of ether oxygens (including phenoxy) is 1. The van der Waals surface area contributed by atoms with Gasteiger partial charge in [-0.1, -0.05) is 0 Å². The lowest BCUT2D eigenvalue weighted by Gasteiger charge is -2.09. The van der Waals surface area contributed by atoms with E-state index < -0.39 is 0 Å². The Balaban J connectivity index is 3.24. The third kappa shape index (κ3) is 1.99. The summed E-state index contributed by atoms with van der Waals surface area (Å²) < 4.78 is 5.08. The van der Waals surface area contributed by atoms with Crippen LogP contribution in [0, 0.1) is 6.92 Å². The van der Waals surface area contributed by atoms with Crippen LogP contribution in [0.3, 0.4) is 0 Å². The second-order valence-electron chi connectivity index (χ2n) is 2.97. The van der Waals surface area contributed by atoms with Crippen LogP contribution in [-0.4, -0.2) is 18.8 Å². The highest BCUT2D eigenvalue weighted by atomic mass is 35.5. The number of carbonyl (C=O) groups excluding carboxylic acids is 1. The van der Waals surface area contributed by atoms with Crippen LogP contribution in [0.2, 0.25) is 0 Å². The molecule has 0 spiro atoms. The molecule has 0 unspecified atom stereocenters. The van der Waals surface area contributed by atoms with E-state index in [0.29, 0.717) is 17.0 Å². The first-order chi connectivity index (χ1) is 6.60. The normalized spacial score (nSPS) is 9.93. The molecule has 4 heteroatoms. The molecule has 1 rings (SSSR count). The second kappa shape index (κ2) is 4.33. The molecule has 0 aliphatic rings. The molecule has 0 aromatic heterocycles. The Kier molecular flexibility index (Phi) is 3.36. The van der Waals surface area contributed by atoms with Crippen LogP contribution in [-0.2, 0) is 0 Å². The highest BCUT2D eigenvalue weighted by molar-refractivity contribution is 6.31. The highest BCUT2D eigenvalue weighted by Crippen LogP contribution is 2.25. The molecular weight excluding hydrogens is 202 g/mol. The van der Waals surface area contributed by atoms with Crippen LogP contribution >= 0.6 is 11.6 Å². The van der Waals surface area contributed by atoms with Gasteiger partial charge in [-0.3, -0.25) is 4.79 Å². The number of nitrogen functional groups attached to an aromatic ring is 1. The summed E-state index contributed by atoms with van der Waals surface area (Å²) in [6, 6.07) is 3.33. The van der Waals surface area contributed by atoms with Crippen LogP contribution in [0.5, 0.6) is 5.75 Å². The van der Waals surface area contributed by atoms with Crippen LogP contribution in [0.25, 0.3) is 0 Å². The Morgan fingerprint density at radius 1 is 1.57 bits per heavy atom. The zero-order valence-corrected chi connectivity index (χ0v) is 8.89. The summed E-state index contributed by atoms with van der Waals surface area (Å²) in [5, 5.41) is 0. The quantitative estimate of drug-likeness (QED) is 0.475. The maximum absolute atomic E-state index is 11.3. The summed E-state index contributed by atoms with van der Waals surface area (Å²) in [5.74, 6) is 0.381. The lowest BCUT2D eigenvalue weighted by molar-refractivity contribution is 0.102. The largest absolute Gasteiger partial charge is 0.496 e. The maximum atomic E-state index is 11.3. The predicted molar refractivity (Wildman–Crippen MR) is 57.2 cm³/mol. The summed E-state index contributed by atoms with van der Waals surface area (Å²) in [6.07, 6.45) is 0. The molecular formula is C10H12ClNO2. The SMILES string of the molecule is COc1cc(C(=O)CCl)c(N)cc1C. The molecule has 1 aromatic rings. The first-order valence-electron chi connectivity index (χ1n) is 4.13. The minimum Gasteiger partial charge on any atom is -0.496 e. The van der Waals surface area contributed by atoms with Gasteiger partial charge in [0.25, 0.3) is 0 Å². The van der Waals surface area contributed by atoms with Gasteiger partial charge in [-0.15, -0.1) is 11.6 Å². The van der Waals surface area contributed by atoms with Crippen molar-refractivity contribution in [3.8, 4) is 5.75 Å². The molecule has 0 aliphatic carbocycles. The smallest absolute Gasteiger partial charge is 0.179 e. The lowest BCUT2D eigenvalue weighted by Crippen LogP contribution is -2.06. The van der Waals surface area contributed by atoms with E-state index in [1.165, 1.54) is 0 Å². The molecule has 0 saturated carbocycles. The minimum atomic E-state index is -0.192. The fourth-order valence-electron chi connectivity index (χ4n) is 1.24. The van der Waals surface area contributed by atoms with Crippen molar-refractivity contribution < 1.29 is 9.53 Å². The maximum Gasteiger partial charge on any atom is 0.179 e. The lowest BCUT2D eigenvalue weighted by atomic mass is 10.1. The molecule has 3 nitrogen and oxygen atoms in total. The van der Waals surface area contributed by atoms with Crippen molar-refractivity contribution in [3.05, 3.63) is 23.3 Å². The van der Waals surface area contributed by atoms with Gasteiger partial charge in [-0.25, -0.2) is 0 Å². The number of anilines is 1. The van der Waals surface area contributed by atoms with Crippen molar-refractivity contribution in [2.75, 3.05) is 18.7 Å². The number of hydrogen-bond acceptors (Lipinski definition) is 3. The molecule has 0 radical (unpaired) electrons. The van der Waals surface area contributed by atoms with Gasteiger partial charge in [0.15, 0.2) is 5.78 Å². The summed E-state index contributed by atoms with van der Waals surface area (Å²) in [6.45, 7) is 1.87. The number of methoxy groups -OCH3 is 1. The van der Waals surface area contributed by atoms with Gasteiger partial charge < -0.3 is 10.5 Å². The third-order valence-corrected chi connectivity index (χ3v) is 2.23. The molecule has 14 heavy (non-hydrogen) atoms. The number of alkyl halides is 1. The van der Waals surface area contributed by atoms with Crippen LogP contribution in [0.1, 0.15) is 15.9 Å². The van der Waals surface area contributed by atoms with Gasteiger partial charge in [-0.05, 0) is 24.6 Å². The first-order valence-corrected chi connectivity index (χ1v) is 4.67. The number of nitrogens with two attached hydrogens (primary N) is 1. The zero-order valence-electron chi connectivity index (χ0n) is 8.13. The Hall–Kier alpha value is -1.22. The Morgan fingerprint density at radius 2 is 2.21 bits per heavy atom. The summed E-state index contributed by atoms with van der Waals surface area (Å²) in [4.78, 5) is 11.3. The molecule has 0 fully saturated rings. The fraction of sp³-hybridized carbons (Fsp3) is 0.300. The Labute approximate surface area is 87.8 Å². The van der Waals surface area contributed by atoms with Gasteiger partial charge >= 0.3 is 0 Å². The summed E-state index contributed by atoms with van der Waals surface area (Å²) in [5.41, 5.74) is 7.44. The Bertz CT molecular complexity index is 363. The standard InChI is InChI=1S/C10H12ClNO2/c1-6-3-8(12)7(9(13)5-11)4-10(6)14-2/h3-4H,5,12H2,1-2H3. The fourth-order valence-corrected chi connectivity index (χ4v) is 1.39. The van der Waals surface area contributed by atoms with E-state index in [2.05, 4.69) is 0 Å². The minimum absolute atomic E-state index is 0.0730. The highest BCUT2D eigenvalue weighted by Gasteiger charge is 2.11. The predicted octanol–water partition coefficient (Wildman–Crippen LogP) is 2.01. The van der Waals surface area contributed by atoms with Gasteiger partial charge in [-0.2, -0.15) is 0 Å². The van der Waals surface area contributed by atoms with Crippen molar-refractivity contribution in [1.82, 2.24) is 0 Å². The molecule has 1 aromatic carbocycles. The van der Waals surface area contributed by atoms with E-state index in [4.69, 9.17) is 22.1 Å². The van der Waals surface area contributed by atoms with E-state index in [-0.39, 0.29) is 11.7 Å². The molecule has 76 valence electrons. The van der Waals surface area contributed by atoms with Gasteiger partial charge in [0.2, 0.25) is 0 Å². The summed E-state index contributed by atoms with van der Waals surface area (Å²) in [7, 11) is 1.55. The van der Waals surface area contributed by atoms with Crippen molar-refractivity contribution in [2.24, 2.45) is 0 Å². The van der Waals surface area contributed by atoms with E-state index in [0.717, 1.165) is 5.56 Å². The molecule has 0 atom stereocenters. The second-order valence-corrected chi connectivity index (χ2v) is 3.23. The number of hydrogen-bond donors (Lipinski definition) is 1. The van der Waals surface area contributed by atoms with Gasteiger partial charge in [0.05, 0.1) is 13.0 Å². The number of ketones is 1. The molecule has 0 aliphatic heterocycles. The molecule has 0 heterocycles. The van der Waals surface area contributed by atoms with Crippen LogP contribution in [0.4, 0.5) is 5.69 Å². The molecule has 0 bridgehead atoms. The van der Waals surface area contributed by atoms with Gasteiger partial charge in [0.1, 0.15) is 5.75 Å². The average Bonchev–Trinajstić information content (AvgIpc) is 2.17. The number of rotatable bonds is 3. The van der Waals surface area contributed by atoms with Crippen molar-refractivity contribution >= 4 is 23.1 Å². The van der Waals surface area contributed by atoms with Crippen LogP contribution in [0.15, 0.2) is 12.1 Å². The van der Waals surface area contributed by atoms with Crippen molar-refractivity contribution in [1.29, 1.82) is 0 Å². The van der Waals surface area contributed by atoms with Gasteiger partial charge in [0, 0.05) is 11.3 Å². The molecule has 0 saturated heterocycles. The zero-order chi connectivity index (χ0) is 10.7. The first kappa shape index (κ1) is 10.9. The Morgan fingerprint density at radius 3 is 2.71 bits per heavy atom. The van der Waals surface area contributed by atoms with E-state index in [1.807, 2.05) is 6.92 Å². The number of aryl methyl sites for hydroxylation is 1. The van der Waals surface area contributed by atoms with E-state index in [9.17, 15) is 4.79 Å². The number of carbonyl (C=O) groups is 1. The monoisotopic (exact) mass is 213 g/mol. The van der Waals surface area contributed by atoms with Crippen LogP contribution < -0.4 is 10.5 Å². The average molecular weight is 214 g/mol. The number of Topliss-reactive ketones (excluding diaryl/α,β-unsaturated/α-hetero) is 1. The van der Waals surface area contributed by atoms with Crippen molar-refractivity contribution in [3.63, 3.8) is 0 Å². The molecule has 0 amide bonds. The van der Waals surface area contributed by atoms with E-state index in [1.54, 1.807) is 19.2 Å². The number of benzene rings is 1. The van der Waals surface area contributed by atoms with E-state index >= 15 is 0 Å². The van der Waals surface area contributed by atoms with Crippen molar-refractivity contribution in [2.45, 2.75) is 6.92 Å². The molecule has 2 N–H and O–H groups in total. The topological polar surface area (TPSA) is 52.3 Å².